The lowest BCUT2D eigenvalue weighted by molar-refractivity contribution is -0.0659. The molecule has 2 fully saturated rings. The number of rotatable bonds is 6. The molecule has 33 heavy (non-hydrogen) atoms. The molecule has 2 aliphatic rings. The van der Waals surface area contributed by atoms with E-state index in [9.17, 15) is 18.0 Å². The second-order valence-corrected chi connectivity index (χ2v) is 9.04. The monoisotopic (exact) mass is 458 g/mol. The normalized spacial score (nSPS) is 26.2. The number of ether oxygens (including phenoxy) is 1. The lowest BCUT2D eigenvalue weighted by atomic mass is 9.76. The number of alkyl carbamates (subject to hydrolysis) is 1. The van der Waals surface area contributed by atoms with Crippen LogP contribution in [0.5, 0.6) is 0 Å². The number of nitrogens with one attached hydrogen (secondary N) is 1. The topological polar surface area (TPSA) is 51.2 Å². The van der Waals surface area contributed by atoms with Crippen molar-refractivity contribution in [2.24, 2.45) is 23.7 Å². The highest BCUT2D eigenvalue weighted by Crippen LogP contribution is 2.53. The van der Waals surface area contributed by atoms with Gasteiger partial charge in [-0.1, -0.05) is 24.3 Å². The number of hydrogen-bond acceptors (Lipinski definition) is 3. The molecule has 1 aromatic heterocycles. The smallest absolute Gasteiger partial charge is 0.407 e. The summed E-state index contributed by atoms with van der Waals surface area (Å²) in [6.07, 6.45) is 6.18. The van der Waals surface area contributed by atoms with Gasteiger partial charge < -0.3 is 10.1 Å². The van der Waals surface area contributed by atoms with E-state index in [1.165, 1.54) is 12.1 Å². The van der Waals surface area contributed by atoms with E-state index in [0.29, 0.717) is 19.4 Å². The summed E-state index contributed by atoms with van der Waals surface area (Å²) < 4.78 is 46.5. The van der Waals surface area contributed by atoms with Gasteiger partial charge in [-0.3, -0.25) is 4.98 Å². The number of halogens is 3. The van der Waals surface area contributed by atoms with Gasteiger partial charge in [0.15, 0.2) is 0 Å². The predicted molar refractivity (Wildman–Crippen MR) is 121 cm³/mol. The third-order valence-electron chi connectivity index (χ3n) is 6.87. The minimum atomic E-state index is -2.60. The van der Waals surface area contributed by atoms with Gasteiger partial charge >= 0.3 is 6.09 Å². The van der Waals surface area contributed by atoms with Crippen LogP contribution < -0.4 is 5.32 Å². The van der Waals surface area contributed by atoms with E-state index in [2.05, 4.69) is 16.4 Å². The summed E-state index contributed by atoms with van der Waals surface area (Å²) in [4.78, 5) is 16.2. The Kier molecular flexibility index (Phi) is 7.05. The summed E-state index contributed by atoms with van der Waals surface area (Å²) in [5.74, 6) is -2.64. The number of fused-ring (bicyclic) bond motifs is 1. The SMILES string of the molecule is CCOC(=O)NCC1C[C@@H]2CC(F)(F)CC[C@H]2[C@@H]1/C=C/c1ccc(-c2cccc(F)c2)cn1. The number of carbonyl (C=O) groups is 1. The first-order chi connectivity index (χ1) is 15.8. The van der Waals surface area contributed by atoms with Crippen molar-refractivity contribution in [3.8, 4) is 11.1 Å². The molecule has 4 atom stereocenters. The van der Waals surface area contributed by atoms with Crippen LogP contribution in [-0.2, 0) is 4.74 Å². The van der Waals surface area contributed by atoms with Crippen molar-refractivity contribution in [3.05, 3.63) is 60.2 Å². The summed E-state index contributed by atoms with van der Waals surface area (Å²) in [6, 6.07) is 10.1. The van der Waals surface area contributed by atoms with Crippen molar-refractivity contribution in [1.29, 1.82) is 0 Å². The summed E-state index contributed by atoms with van der Waals surface area (Å²) >= 11 is 0. The van der Waals surface area contributed by atoms with Crippen LogP contribution in [0.2, 0.25) is 0 Å². The standard InChI is InChI=1S/C26H29F3N2O2/c1-2-33-25(32)31-16-20-12-19-14-26(28,29)11-10-24(19)23(20)9-8-22-7-6-18(15-30-22)17-4-3-5-21(27)13-17/h3-9,13,15,19-20,23-24H,2,10-12,14,16H2,1H3,(H,31,32)/b9-8+/t19-,20?,23-,24-/m1/s1. The Balaban J connectivity index is 1.48. The van der Waals surface area contributed by atoms with Crippen LogP contribution in [-0.4, -0.2) is 30.2 Å². The summed E-state index contributed by atoms with van der Waals surface area (Å²) in [6.45, 7) is 2.43. The maximum atomic E-state index is 14.0. The molecular weight excluding hydrogens is 429 g/mol. The number of aromatic nitrogens is 1. The van der Waals surface area contributed by atoms with E-state index < -0.39 is 12.0 Å². The molecule has 2 aliphatic carbocycles. The highest BCUT2D eigenvalue weighted by atomic mass is 19.3. The van der Waals surface area contributed by atoms with Crippen LogP contribution in [0, 0.1) is 29.5 Å². The van der Waals surface area contributed by atoms with E-state index in [4.69, 9.17) is 4.74 Å². The molecule has 1 unspecified atom stereocenters. The van der Waals surface area contributed by atoms with Gasteiger partial charge in [-0.25, -0.2) is 18.0 Å². The van der Waals surface area contributed by atoms with Crippen LogP contribution in [0.15, 0.2) is 48.7 Å². The van der Waals surface area contributed by atoms with E-state index in [0.717, 1.165) is 16.8 Å². The molecule has 1 N–H and O–H groups in total. The Bertz CT molecular complexity index is 993. The van der Waals surface area contributed by atoms with Gasteiger partial charge in [-0.15, -0.1) is 0 Å². The molecule has 1 heterocycles. The number of carbonyl (C=O) groups excluding carboxylic acids is 1. The number of pyridine rings is 1. The van der Waals surface area contributed by atoms with Crippen molar-refractivity contribution >= 4 is 12.2 Å². The average molecular weight is 459 g/mol. The maximum absolute atomic E-state index is 14.0. The van der Waals surface area contributed by atoms with Crippen LogP contribution in [0.3, 0.4) is 0 Å². The van der Waals surface area contributed by atoms with Gasteiger partial charge in [0.05, 0.1) is 12.3 Å². The fourth-order valence-corrected chi connectivity index (χ4v) is 5.38. The fourth-order valence-electron chi connectivity index (χ4n) is 5.38. The van der Waals surface area contributed by atoms with Crippen molar-refractivity contribution in [2.75, 3.05) is 13.2 Å². The highest BCUT2D eigenvalue weighted by Gasteiger charge is 2.49. The van der Waals surface area contributed by atoms with Crippen LogP contribution in [0.25, 0.3) is 17.2 Å². The molecule has 0 saturated heterocycles. The molecular formula is C26H29F3N2O2. The first kappa shape index (κ1) is 23.3. The first-order valence-corrected chi connectivity index (χ1v) is 11.5. The number of allylic oxidation sites excluding steroid dienone is 1. The number of alkyl halides is 2. The van der Waals surface area contributed by atoms with Gasteiger partial charge in [-0.05, 0) is 73.3 Å². The Morgan fingerprint density at radius 1 is 1.27 bits per heavy atom. The molecule has 0 radical (unpaired) electrons. The minimum Gasteiger partial charge on any atom is -0.450 e. The lowest BCUT2D eigenvalue weighted by Gasteiger charge is -2.33. The molecule has 1 amide bonds. The van der Waals surface area contributed by atoms with E-state index in [1.54, 1.807) is 19.2 Å². The molecule has 1 aromatic carbocycles. The number of hydrogen-bond donors (Lipinski definition) is 1. The van der Waals surface area contributed by atoms with Gasteiger partial charge in [0.1, 0.15) is 5.82 Å². The third-order valence-corrected chi connectivity index (χ3v) is 6.87. The maximum Gasteiger partial charge on any atom is 0.407 e. The number of benzene rings is 1. The molecule has 0 spiro atoms. The molecule has 4 nitrogen and oxygen atoms in total. The molecule has 0 bridgehead atoms. The van der Waals surface area contributed by atoms with E-state index in [1.807, 2.05) is 24.3 Å². The average Bonchev–Trinajstić information content (AvgIpc) is 3.12. The van der Waals surface area contributed by atoms with Gasteiger partial charge in [0, 0.05) is 31.1 Å². The highest BCUT2D eigenvalue weighted by molar-refractivity contribution is 5.67. The predicted octanol–water partition coefficient (Wildman–Crippen LogP) is 6.33. The second-order valence-electron chi connectivity index (χ2n) is 9.04. The van der Waals surface area contributed by atoms with E-state index >= 15 is 0 Å². The minimum absolute atomic E-state index is 0.0549. The summed E-state index contributed by atoms with van der Waals surface area (Å²) in [5.41, 5.74) is 2.32. The van der Waals surface area contributed by atoms with Crippen molar-refractivity contribution < 1.29 is 22.7 Å². The second kappa shape index (κ2) is 9.98. The van der Waals surface area contributed by atoms with Gasteiger partial charge in [-0.2, -0.15) is 0 Å². The zero-order chi connectivity index (χ0) is 23.4. The largest absolute Gasteiger partial charge is 0.450 e. The number of amides is 1. The van der Waals surface area contributed by atoms with Gasteiger partial charge in [0.25, 0.3) is 0 Å². The van der Waals surface area contributed by atoms with Crippen LogP contribution >= 0.6 is 0 Å². The van der Waals surface area contributed by atoms with Crippen molar-refractivity contribution in [2.45, 2.75) is 38.5 Å². The molecule has 2 aromatic rings. The Hall–Kier alpha value is -2.83. The quantitative estimate of drug-likeness (QED) is 0.550. The summed E-state index contributed by atoms with van der Waals surface area (Å²) in [7, 11) is 0. The van der Waals surface area contributed by atoms with Crippen LogP contribution in [0.1, 0.15) is 38.3 Å². The Morgan fingerprint density at radius 2 is 2.12 bits per heavy atom. The van der Waals surface area contributed by atoms with Gasteiger partial charge in [0.2, 0.25) is 5.92 Å². The fraction of sp³-hybridized carbons (Fsp3) is 0.462. The summed E-state index contributed by atoms with van der Waals surface area (Å²) in [5, 5.41) is 2.79. The Labute approximate surface area is 192 Å². The molecule has 4 rings (SSSR count). The zero-order valence-corrected chi connectivity index (χ0v) is 18.6. The molecule has 2 saturated carbocycles. The molecule has 7 heteroatoms. The zero-order valence-electron chi connectivity index (χ0n) is 18.6. The molecule has 0 aliphatic heterocycles. The van der Waals surface area contributed by atoms with Crippen molar-refractivity contribution in [1.82, 2.24) is 10.3 Å². The third kappa shape index (κ3) is 5.75. The lowest BCUT2D eigenvalue weighted by Crippen LogP contribution is -2.33. The Morgan fingerprint density at radius 3 is 2.85 bits per heavy atom. The first-order valence-electron chi connectivity index (χ1n) is 11.5. The molecule has 176 valence electrons. The van der Waals surface area contributed by atoms with E-state index in [-0.39, 0.29) is 48.9 Å². The van der Waals surface area contributed by atoms with Crippen molar-refractivity contribution in [3.63, 3.8) is 0 Å². The van der Waals surface area contributed by atoms with Crippen LogP contribution in [0.4, 0.5) is 18.0 Å². The number of nitrogens with zero attached hydrogens (tertiary/aromatic N) is 1.